The maximum atomic E-state index is 13.7. The molecule has 0 radical (unpaired) electrons. The van der Waals surface area contributed by atoms with Crippen LogP contribution in [0, 0.1) is 11.6 Å². The highest BCUT2D eigenvalue weighted by Gasteiger charge is 2.26. The summed E-state index contributed by atoms with van der Waals surface area (Å²) in [6, 6.07) is 0.959. The van der Waals surface area contributed by atoms with Crippen LogP contribution in [0.15, 0.2) is 21.5 Å². The molecule has 3 N–H and O–H groups in total. The van der Waals surface area contributed by atoms with E-state index in [9.17, 15) is 17.2 Å². The zero-order chi connectivity index (χ0) is 15.3. The molecule has 0 spiro atoms. The molecule has 1 aromatic carbocycles. The van der Waals surface area contributed by atoms with E-state index < -0.39 is 32.6 Å². The topological polar surface area (TPSA) is 72.2 Å². The van der Waals surface area contributed by atoms with E-state index in [1.807, 2.05) is 6.92 Å². The van der Waals surface area contributed by atoms with Gasteiger partial charge in [0.05, 0.1) is 0 Å². The first-order chi connectivity index (χ1) is 9.31. The number of hydrogen-bond acceptors (Lipinski definition) is 3. The van der Waals surface area contributed by atoms with Crippen molar-refractivity contribution in [3.05, 3.63) is 28.2 Å². The maximum Gasteiger partial charge on any atom is 0.244 e. The van der Waals surface area contributed by atoms with Gasteiger partial charge in [-0.05, 0) is 28.4 Å². The molecule has 1 atom stereocenters. The third-order valence-corrected chi connectivity index (χ3v) is 5.23. The second-order valence-corrected chi connectivity index (χ2v) is 6.90. The van der Waals surface area contributed by atoms with E-state index in [2.05, 4.69) is 20.7 Å². The molecule has 0 heterocycles. The van der Waals surface area contributed by atoms with Crippen molar-refractivity contribution in [3.63, 3.8) is 0 Å². The van der Waals surface area contributed by atoms with Gasteiger partial charge in [0.25, 0.3) is 0 Å². The molecule has 0 fully saturated rings. The largest absolute Gasteiger partial charge is 0.329 e. The van der Waals surface area contributed by atoms with Gasteiger partial charge in [0.1, 0.15) is 16.5 Å². The zero-order valence-electron chi connectivity index (χ0n) is 11.0. The summed E-state index contributed by atoms with van der Waals surface area (Å²) in [6.07, 6.45) is 2.26. The second kappa shape index (κ2) is 7.44. The first-order valence-corrected chi connectivity index (χ1v) is 8.46. The average molecular weight is 371 g/mol. The minimum atomic E-state index is -4.10. The molecule has 20 heavy (non-hydrogen) atoms. The van der Waals surface area contributed by atoms with Gasteiger partial charge in [-0.3, -0.25) is 0 Å². The van der Waals surface area contributed by atoms with Crippen molar-refractivity contribution in [2.45, 2.75) is 37.1 Å². The van der Waals surface area contributed by atoms with Crippen LogP contribution >= 0.6 is 15.9 Å². The molecule has 0 saturated heterocycles. The van der Waals surface area contributed by atoms with E-state index in [0.29, 0.717) is 12.5 Å². The van der Waals surface area contributed by atoms with Gasteiger partial charge >= 0.3 is 0 Å². The third kappa shape index (κ3) is 4.47. The Morgan fingerprint density at radius 3 is 2.55 bits per heavy atom. The molecule has 1 unspecified atom stereocenters. The summed E-state index contributed by atoms with van der Waals surface area (Å²) in [5.41, 5.74) is 5.51. The van der Waals surface area contributed by atoms with Crippen LogP contribution in [-0.2, 0) is 10.0 Å². The van der Waals surface area contributed by atoms with Crippen LogP contribution in [-0.4, -0.2) is 21.0 Å². The zero-order valence-corrected chi connectivity index (χ0v) is 13.4. The quantitative estimate of drug-likeness (QED) is 0.774. The van der Waals surface area contributed by atoms with Crippen molar-refractivity contribution in [1.29, 1.82) is 0 Å². The molecule has 0 amide bonds. The molecule has 4 nitrogen and oxygen atoms in total. The van der Waals surface area contributed by atoms with E-state index in [4.69, 9.17) is 5.73 Å². The van der Waals surface area contributed by atoms with Crippen LogP contribution in [0.5, 0.6) is 0 Å². The minimum Gasteiger partial charge on any atom is -0.329 e. The Balaban J connectivity index is 3.05. The van der Waals surface area contributed by atoms with Crippen LogP contribution < -0.4 is 10.5 Å². The van der Waals surface area contributed by atoms with Gasteiger partial charge in [-0.2, -0.15) is 0 Å². The summed E-state index contributed by atoms with van der Waals surface area (Å²) < 4.78 is 53.2. The van der Waals surface area contributed by atoms with E-state index in [0.717, 1.165) is 18.9 Å². The monoisotopic (exact) mass is 370 g/mol. The first kappa shape index (κ1) is 17.5. The summed E-state index contributed by atoms with van der Waals surface area (Å²) in [6.45, 7) is 2.08. The molecule has 114 valence electrons. The molecule has 0 saturated carbocycles. The summed E-state index contributed by atoms with van der Waals surface area (Å²) in [5, 5.41) is 0. The average Bonchev–Trinajstić information content (AvgIpc) is 2.32. The lowest BCUT2D eigenvalue weighted by Crippen LogP contribution is -2.40. The number of hydrogen-bond donors (Lipinski definition) is 2. The lowest BCUT2D eigenvalue weighted by atomic mass is 10.1. The van der Waals surface area contributed by atoms with Gasteiger partial charge in [-0.15, -0.1) is 0 Å². The number of unbranched alkanes of at least 4 members (excludes halogenated alkanes) is 1. The summed E-state index contributed by atoms with van der Waals surface area (Å²) in [5.74, 6) is -2.00. The predicted molar refractivity (Wildman–Crippen MR) is 76.7 cm³/mol. The van der Waals surface area contributed by atoms with Crippen LogP contribution in [0.3, 0.4) is 0 Å². The number of benzene rings is 1. The van der Waals surface area contributed by atoms with Crippen molar-refractivity contribution >= 4 is 26.0 Å². The number of nitrogens with one attached hydrogen (secondary N) is 1. The number of rotatable bonds is 7. The Morgan fingerprint density at radius 1 is 1.40 bits per heavy atom. The Labute approximate surface area is 125 Å². The smallest absolute Gasteiger partial charge is 0.244 e. The van der Waals surface area contributed by atoms with Crippen molar-refractivity contribution in [3.8, 4) is 0 Å². The Bertz CT molecular complexity index is 544. The lowest BCUT2D eigenvalue weighted by molar-refractivity contribution is 0.506. The molecule has 1 aromatic rings. The van der Waals surface area contributed by atoms with Crippen LogP contribution in [0.1, 0.15) is 26.2 Å². The fraction of sp³-hybridized carbons (Fsp3) is 0.500. The highest BCUT2D eigenvalue weighted by Crippen LogP contribution is 2.26. The van der Waals surface area contributed by atoms with Crippen molar-refractivity contribution in [2.24, 2.45) is 5.73 Å². The highest BCUT2D eigenvalue weighted by molar-refractivity contribution is 9.10. The van der Waals surface area contributed by atoms with E-state index in [1.54, 1.807) is 0 Å². The number of nitrogens with two attached hydrogens (primary N) is 1. The van der Waals surface area contributed by atoms with Gasteiger partial charge in [0.15, 0.2) is 0 Å². The van der Waals surface area contributed by atoms with Crippen LogP contribution in [0.2, 0.25) is 0 Å². The van der Waals surface area contributed by atoms with E-state index in [1.165, 1.54) is 0 Å². The van der Waals surface area contributed by atoms with Crippen molar-refractivity contribution in [1.82, 2.24) is 4.72 Å². The lowest BCUT2D eigenvalue weighted by Gasteiger charge is -2.17. The Hall–Kier alpha value is -0.570. The second-order valence-electron chi connectivity index (χ2n) is 4.39. The van der Waals surface area contributed by atoms with Crippen molar-refractivity contribution in [2.75, 3.05) is 6.54 Å². The molecule has 0 aliphatic carbocycles. The fourth-order valence-electron chi connectivity index (χ4n) is 1.74. The predicted octanol–water partition coefficient (Wildman–Crippen LogP) is 2.52. The number of halogens is 3. The van der Waals surface area contributed by atoms with Crippen LogP contribution in [0.4, 0.5) is 8.78 Å². The molecule has 0 aliphatic rings. The first-order valence-electron chi connectivity index (χ1n) is 6.18. The van der Waals surface area contributed by atoms with Gasteiger partial charge in [0.2, 0.25) is 10.0 Å². The molecule has 8 heteroatoms. The molecule has 0 bridgehead atoms. The van der Waals surface area contributed by atoms with Gasteiger partial charge in [0, 0.05) is 23.1 Å². The highest BCUT2D eigenvalue weighted by atomic mass is 79.9. The van der Waals surface area contributed by atoms with Gasteiger partial charge in [-0.1, -0.05) is 19.8 Å². The standard InChI is InChI=1S/C12H17BrF2N2O2S/c1-2-3-4-9(7-16)17-20(18,19)12-10(13)5-8(14)6-11(12)15/h5-6,9,17H,2-4,7,16H2,1H3. The Kier molecular flexibility index (Phi) is 6.50. The molecule has 0 aromatic heterocycles. The summed E-state index contributed by atoms with van der Waals surface area (Å²) in [4.78, 5) is -0.603. The number of sulfonamides is 1. The minimum absolute atomic E-state index is 0.111. The van der Waals surface area contributed by atoms with E-state index in [-0.39, 0.29) is 11.0 Å². The van der Waals surface area contributed by atoms with Crippen LogP contribution in [0.25, 0.3) is 0 Å². The molecule has 0 aliphatic heterocycles. The van der Waals surface area contributed by atoms with Gasteiger partial charge < -0.3 is 5.73 Å². The van der Waals surface area contributed by atoms with Crippen molar-refractivity contribution < 1.29 is 17.2 Å². The SMILES string of the molecule is CCCCC(CN)NS(=O)(=O)c1c(F)cc(F)cc1Br. The Morgan fingerprint density at radius 2 is 2.05 bits per heavy atom. The molecular formula is C12H17BrF2N2O2S. The summed E-state index contributed by atoms with van der Waals surface area (Å²) in [7, 11) is -4.10. The third-order valence-electron chi connectivity index (χ3n) is 2.74. The van der Waals surface area contributed by atoms with E-state index >= 15 is 0 Å². The normalized spacial score (nSPS) is 13.4. The maximum absolute atomic E-state index is 13.7. The van der Waals surface area contributed by atoms with Gasteiger partial charge in [-0.25, -0.2) is 21.9 Å². The fourth-order valence-corrected chi connectivity index (χ4v) is 4.19. The molecular weight excluding hydrogens is 354 g/mol. The molecule has 1 rings (SSSR count). The summed E-state index contributed by atoms with van der Waals surface area (Å²) >= 11 is 2.87.